The molecule has 0 spiro atoms. The van der Waals surface area contributed by atoms with Gasteiger partial charge in [-0.3, -0.25) is 4.79 Å². The van der Waals surface area contributed by atoms with Gasteiger partial charge in [0.05, 0.1) is 0 Å². The Hall–Kier alpha value is -2.49. The van der Waals surface area contributed by atoms with Crippen molar-refractivity contribution in [1.82, 2.24) is 0 Å². The number of benzene rings is 2. The van der Waals surface area contributed by atoms with Gasteiger partial charge in [-0.15, -0.1) is 0 Å². The molecule has 24 heavy (non-hydrogen) atoms. The molecule has 0 atom stereocenters. The quantitative estimate of drug-likeness (QED) is 0.840. The molecule has 4 nitrogen and oxygen atoms in total. The number of rotatable bonds is 6. The van der Waals surface area contributed by atoms with Crippen LogP contribution >= 0.6 is 0 Å². The summed E-state index contributed by atoms with van der Waals surface area (Å²) in [7, 11) is 0. The Morgan fingerprint density at radius 3 is 2.29 bits per heavy atom. The number of piperidine rings is 1. The molecule has 2 N–H and O–H groups in total. The van der Waals surface area contributed by atoms with Crippen molar-refractivity contribution in [2.24, 2.45) is 0 Å². The van der Waals surface area contributed by atoms with Crippen molar-refractivity contribution in [2.45, 2.75) is 25.7 Å². The Kier molecular flexibility index (Phi) is 5.72. The van der Waals surface area contributed by atoms with E-state index in [0.29, 0.717) is 13.0 Å². The van der Waals surface area contributed by atoms with Gasteiger partial charge in [0.25, 0.3) is 0 Å². The SMILES string of the molecule is O=C(CCNc1ccccc1)Nc1ccc(N2CCCCC2)cc1. The standard InChI is InChI=1S/C20H25N3O/c24-20(13-14-21-17-7-3-1-4-8-17)22-18-9-11-19(12-10-18)23-15-5-2-6-16-23/h1,3-4,7-12,21H,2,5-6,13-16H2,(H,22,24). The van der Waals surface area contributed by atoms with E-state index in [1.54, 1.807) is 0 Å². The molecule has 126 valence electrons. The van der Waals surface area contributed by atoms with Crippen LogP contribution in [0.25, 0.3) is 0 Å². The van der Waals surface area contributed by atoms with E-state index < -0.39 is 0 Å². The molecule has 1 saturated heterocycles. The summed E-state index contributed by atoms with van der Waals surface area (Å²) in [6.07, 6.45) is 4.32. The summed E-state index contributed by atoms with van der Waals surface area (Å²) in [5.41, 5.74) is 3.15. The molecule has 2 aromatic rings. The molecule has 3 rings (SSSR count). The van der Waals surface area contributed by atoms with Crippen LogP contribution in [-0.2, 0) is 4.79 Å². The second kappa shape index (κ2) is 8.39. The number of hydrogen-bond donors (Lipinski definition) is 2. The highest BCUT2D eigenvalue weighted by atomic mass is 16.1. The minimum atomic E-state index is 0.0316. The van der Waals surface area contributed by atoms with Crippen molar-refractivity contribution < 1.29 is 4.79 Å². The predicted molar refractivity (Wildman–Crippen MR) is 101 cm³/mol. The normalized spacial score (nSPS) is 14.2. The van der Waals surface area contributed by atoms with Gasteiger partial charge in [0, 0.05) is 43.1 Å². The van der Waals surface area contributed by atoms with Crippen LogP contribution in [0.5, 0.6) is 0 Å². The monoisotopic (exact) mass is 323 g/mol. The van der Waals surface area contributed by atoms with Gasteiger partial charge in [0.1, 0.15) is 0 Å². The van der Waals surface area contributed by atoms with Crippen molar-refractivity contribution in [1.29, 1.82) is 0 Å². The Balaban J connectivity index is 1.44. The topological polar surface area (TPSA) is 44.4 Å². The van der Waals surface area contributed by atoms with Crippen molar-refractivity contribution >= 4 is 23.0 Å². The molecule has 0 radical (unpaired) electrons. The Morgan fingerprint density at radius 2 is 1.58 bits per heavy atom. The van der Waals surface area contributed by atoms with Gasteiger partial charge in [0.2, 0.25) is 5.91 Å². The fourth-order valence-electron chi connectivity index (χ4n) is 3.01. The van der Waals surface area contributed by atoms with Gasteiger partial charge in [-0.1, -0.05) is 18.2 Å². The third kappa shape index (κ3) is 4.75. The number of nitrogens with zero attached hydrogens (tertiary/aromatic N) is 1. The zero-order chi connectivity index (χ0) is 16.6. The van der Waals surface area contributed by atoms with Crippen molar-refractivity contribution in [3.8, 4) is 0 Å². The van der Waals surface area contributed by atoms with E-state index in [1.165, 1.54) is 24.9 Å². The maximum atomic E-state index is 12.0. The molecule has 0 unspecified atom stereocenters. The number of nitrogens with one attached hydrogen (secondary N) is 2. The Labute approximate surface area is 143 Å². The molecule has 2 aromatic carbocycles. The molecule has 1 heterocycles. The van der Waals surface area contributed by atoms with E-state index in [1.807, 2.05) is 42.5 Å². The molecule has 0 bridgehead atoms. The second-order valence-corrected chi connectivity index (χ2v) is 6.19. The molecule has 1 fully saturated rings. The minimum absolute atomic E-state index is 0.0316. The largest absolute Gasteiger partial charge is 0.385 e. The average molecular weight is 323 g/mol. The second-order valence-electron chi connectivity index (χ2n) is 6.19. The lowest BCUT2D eigenvalue weighted by Gasteiger charge is -2.28. The first kappa shape index (κ1) is 16.4. The number of para-hydroxylation sites is 1. The van der Waals surface area contributed by atoms with Gasteiger partial charge < -0.3 is 15.5 Å². The summed E-state index contributed by atoms with van der Waals surface area (Å²) in [5.74, 6) is 0.0316. The van der Waals surface area contributed by atoms with E-state index in [-0.39, 0.29) is 5.91 Å². The maximum Gasteiger partial charge on any atom is 0.226 e. The van der Waals surface area contributed by atoms with Crippen LogP contribution in [0.1, 0.15) is 25.7 Å². The van der Waals surface area contributed by atoms with Crippen molar-refractivity contribution in [3.63, 3.8) is 0 Å². The third-order valence-corrected chi connectivity index (χ3v) is 4.33. The summed E-state index contributed by atoms with van der Waals surface area (Å²) in [5, 5.41) is 6.21. The fourth-order valence-corrected chi connectivity index (χ4v) is 3.01. The van der Waals surface area contributed by atoms with Gasteiger partial charge >= 0.3 is 0 Å². The van der Waals surface area contributed by atoms with E-state index in [4.69, 9.17) is 0 Å². The molecule has 1 aliphatic heterocycles. The van der Waals surface area contributed by atoms with Gasteiger partial charge in [-0.05, 0) is 55.7 Å². The number of carbonyl (C=O) groups excluding carboxylic acids is 1. The minimum Gasteiger partial charge on any atom is -0.385 e. The van der Waals surface area contributed by atoms with Gasteiger partial charge in [-0.25, -0.2) is 0 Å². The van der Waals surface area contributed by atoms with E-state index >= 15 is 0 Å². The lowest BCUT2D eigenvalue weighted by atomic mass is 10.1. The predicted octanol–water partition coefficient (Wildman–Crippen LogP) is 4.12. The van der Waals surface area contributed by atoms with Crippen molar-refractivity contribution in [2.75, 3.05) is 35.2 Å². The molecule has 0 saturated carbocycles. The smallest absolute Gasteiger partial charge is 0.226 e. The summed E-state index contributed by atoms with van der Waals surface area (Å²) in [4.78, 5) is 14.4. The summed E-state index contributed by atoms with van der Waals surface area (Å²) < 4.78 is 0. The van der Waals surface area contributed by atoms with Crippen LogP contribution in [0.4, 0.5) is 17.1 Å². The highest BCUT2D eigenvalue weighted by Gasteiger charge is 2.10. The summed E-state index contributed by atoms with van der Waals surface area (Å²) >= 11 is 0. The zero-order valence-electron chi connectivity index (χ0n) is 14.0. The van der Waals surface area contributed by atoms with E-state index in [2.05, 4.69) is 27.7 Å². The molecule has 0 aliphatic carbocycles. The Morgan fingerprint density at radius 1 is 0.875 bits per heavy atom. The van der Waals surface area contributed by atoms with E-state index in [9.17, 15) is 4.79 Å². The summed E-state index contributed by atoms with van der Waals surface area (Å²) in [6, 6.07) is 18.1. The maximum absolute atomic E-state index is 12.0. The zero-order valence-corrected chi connectivity index (χ0v) is 14.0. The van der Waals surface area contributed by atoms with Crippen LogP contribution in [0.2, 0.25) is 0 Å². The molecule has 1 amide bonds. The lowest BCUT2D eigenvalue weighted by molar-refractivity contribution is -0.115. The fraction of sp³-hybridized carbons (Fsp3) is 0.350. The molecular weight excluding hydrogens is 298 g/mol. The van der Waals surface area contributed by atoms with E-state index in [0.717, 1.165) is 24.5 Å². The molecule has 1 aliphatic rings. The van der Waals surface area contributed by atoms with Crippen LogP contribution < -0.4 is 15.5 Å². The van der Waals surface area contributed by atoms with Crippen LogP contribution in [0.3, 0.4) is 0 Å². The average Bonchev–Trinajstić information content (AvgIpc) is 2.64. The first-order valence-electron chi connectivity index (χ1n) is 8.75. The first-order valence-corrected chi connectivity index (χ1v) is 8.75. The van der Waals surface area contributed by atoms with Crippen LogP contribution in [-0.4, -0.2) is 25.5 Å². The lowest BCUT2D eigenvalue weighted by Crippen LogP contribution is -2.29. The van der Waals surface area contributed by atoms with Crippen LogP contribution in [0, 0.1) is 0 Å². The highest BCUT2D eigenvalue weighted by molar-refractivity contribution is 5.91. The van der Waals surface area contributed by atoms with Gasteiger partial charge in [-0.2, -0.15) is 0 Å². The number of carbonyl (C=O) groups is 1. The summed E-state index contributed by atoms with van der Waals surface area (Å²) in [6.45, 7) is 2.90. The Bertz CT molecular complexity index is 634. The molecular formula is C20H25N3O. The van der Waals surface area contributed by atoms with Gasteiger partial charge in [0.15, 0.2) is 0 Å². The van der Waals surface area contributed by atoms with Crippen molar-refractivity contribution in [3.05, 3.63) is 54.6 Å². The van der Waals surface area contributed by atoms with Crippen LogP contribution in [0.15, 0.2) is 54.6 Å². The highest BCUT2D eigenvalue weighted by Crippen LogP contribution is 2.21. The molecule has 4 heteroatoms. The number of amides is 1. The third-order valence-electron chi connectivity index (χ3n) is 4.33. The number of hydrogen-bond acceptors (Lipinski definition) is 3. The first-order chi connectivity index (χ1) is 11.8. The molecule has 0 aromatic heterocycles. The number of anilines is 3.